The number of halogens is 1. The van der Waals surface area contributed by atoms with Crippen molar-refractivity contribution in [1.29, 1.82) is 0 Å². The fourth-order valence-corrected chi connectivity index (χ4v) is 2.66. The van der Waals surface area contributed by atoms with E-state index >= 15 is 0 Å². The van der Waals surface area contributed by atoms with Crippen molar-refractivity contribution in [1.82, 2.24) is 0 Å². The quantitative estimate of drug-likeness (QED) is 0.656. The second kappa shape index (κ2) is 6.86. The zero-order valence-corrected chi connectivity index (χ0v) is 13.5. The van der Waals surface area contributed by atoms with E-state index < -0.39 is 0 Å². The monoisotopic (exact) mass is 344 g/mol. The lowest BCUT2D eigenvalue weighted by Crippen LogP contribution is -2.37. The minimum absolute atomic E-state index is 0.112. The first-order chi connectivity index (χ1) is 8.88. The molecule has 0 amide bonds. The number of rotatable bonds is 5. The van der Waals surface area contributed by atoms with Crippen LogP contribution in [0.5, 0.6) is 0 Å². The summed E-state index contributed by atoms with van der Waals surface area (Å²) in [5.41, 5.74) is 7.33. The number of nitrogens with zero attached hydrogens (tertiary/aromatic N) is 1. The second-order valence-corrected chi connectivity index (χ2v) is 5.59. The molecule has 0 saturated heterocycles. The van der Waals surface area contributed by atoms with Crippen molar-refractivity contribution in [2.75, 3.05) is 18.6 Å². The zero-order chi connectivity index (χ0) is 14.6. The molecule has 1 aromatic rings. The maximum absolute atomic E-state index is 11.5. The van der Waals surface area contributed by atoms with Crippen LogP contribution in [-0.2, 0) is 9.53 Å². The number of thiocarbonyl (C=S) groups is 1. The number of hydrogen-bond acceptors (Lipinski definition) is 4. The molecular formula is C13H17BrN2O2S. The molecule has 104 valence electrons. The third kappa shape index (κ3) is 3.91. The maximum atomic E-state index is 11.5. The number of anilines is 1. The highest BCUT2D eigenvalue weighted by Gasteiger charge is 2.20. The van der Waals surface area contributed by atoms with Crippen molar-refractivity contribution < 1.29 is 9.53 Å². The van der Waals surface area contributed by atoms with E-state index in [1.54, 1.807) is 0 Å². The summed E-state index contributed by atoms with van der Waals surface area (Å²) in [6.07, 6.45) is 0. The van der Waals surface area contributed by atoms with E-state index in [2.05, 4.69) is 15.9 Å². The van der Waals surface area contributed by atoms with Gasteiger partial charge >= 0.3 is 5.97 Å². The van der Waals surface area contributed by atoms with Crippen LogP contribution in [0, 0.1) is 0 Å². The van der Waals surface area contributed by atoms with Crippen LogP contribution >= 0.6 is 28.1 Å². The molecule has 0 heterocycles. The molecule has 4 nitrogen and oxygen atoms in total. The lowest BCUT2D eigenvalue weighted by molar-refractivity contribution is -0.139. The molecular weight excluding hydrogens is 328 g/mol. The van der Waals surface area contributed by atoms with Crippen LogP contribution in [0.15, 0.2) is 22.7 Å². The molecule has 0 aromatic heterocycles. The normalized spacial score (nSPS) is 10.4. The van der Waals surface area contributed by atoms with E-state index in [1.165, 1.54) is 7.11 Å². The molecule has 0 aliphatic rings. The molecule has 6 heteroatoms. The van der Waals surface area contributed by atoms with Crippen molar-refractivity contribution in [2.24, 2.45) is 5.73 Å². The molecule has 0 aliphatic heterocycles. The smallest absolute Gasteiger partial charge is 0.325 e. The molecule has 1 aromatic carbocycles. The lowest BCUT2D eigenvalue weighted by atomic mass is 10.1. The number of nitrogens with two attached hydrogens (primary N) is 1. The minimum Gasteiger partial charge on any atom is -0.468 e. The molecule has 0 bridgehead atoms. The third-order valence-corrected chi connectivity index (χ3v) is 3.56. The minimum atomic E-state index is -0.303. The Morgan fingerprint density at radius 3 is 2.63 bits per heavy atom. The SMILES string of the molecule is COC(=O)CN(c1cccc(Br)c1C(N)=S)C(C)C. The first-order valence-electron chi connectivity index (χ1n) is 5.80. The van der Waals surface area contributed by atoms with Crippen molar-refractivity contribution in [3.8, 4) is 0 Å². The number of methoxy groups -OCH3 is 1. The predicted octanol–water partition coefficient (Wildman–Crippen LogP) is 2.47. The average molecular weight is 345 g/mol. The van der Waals surface area contributed by atoms with Crippen molar-refractivity contribution >= 4 is 44.8 Å². The Morgan fingerprint density at radius 2 is 2.16 bits per heavy atom. The van der Waals surface area contributed by atoms with Crippen molar-refractivity contribution in [3.05, 3.63) is 28.2 Å². The number of esters is 1. The Morgan fingerprint density at radius 1 is 1.53 bits per heavy atom. The van der Waals surface area contributed by atoms with Gasteiger partial charge in [0.05, 0.1) is 7.11 Å². The second-order valence-electron chi connectivity index (χ2n) is 4.30. The molecule has 19 heavy (non-hydrogen) atoms. The molecule has 1 rings (SSSR count). The first-order valence-corrected chi connectivity index (χ1v) is 7.00. The fourth-order valence-electron chi connectivity index (χ4n) is 1.75. The standard InChI is InChI=1S/C13H17BrN2O2S/c1-8(2)16(7-11(17)18-3)10-6-4-5-9(14)12(10)13(15)19/h4-6,8H,7H2,1-3H3,(H2,15,19). The zero-order valence-electron chi connectivity index (χ0n) is 11.1. The average Bonchev–Trinajstić information content (AvgIpc) is 2.34. The molecule has 0 saturated carbocycles. The van der Waals surface area contributed by atoms with Crippen molar-refractivity contribution in [2.45, 2.75) is 19.9 Å². The van der Waals surface area contributed by atoms with Crippen LogP contribution in [0.25, 0.3) is 0 Å². The number of carbonyl (C=O) groups excluding carboxylic acids is 1. The molecule has 2 N–H and O–H groups in total. The highest BCUT2D eigenvalue weighted by atomic mass is 79.9. The number of hydrogen-bond donors (Lipinski definition) is 1. The van der Waals surface area contributed by atoms with Gasteiger partial charge in [-0.2, -0.15) is 0 Å². The summed E-state index contributed by atoms with van der Waals surface area (Å²) in [5.74, 6) is -0.303. The summed E-state index contributed by atoms with van der Waals surface area (Å²) in [7, 11) is 1.37. The van der Waals surface area contributed by atoms with Gasteiger partial charge in [0.25, 0.3) is 0 Å². The van der Waals surface area contributed by atoms with Crippen molar-refractivity contribution in [3.63, 3.8) is 0 Å². The Kier molecular flexibility index (Phi) is 5.75. The van der Waals surface area contributed by atoms with Gasteiger partial charge in [0.15, 0.2) is 0 Å². The molecule has 0 fully saturated rings. The van der Waals surface area contributed by atoms with Gasteiger partial charge in [-0.05, 0) is 41.9 Å². The molecule has 0 atom stereocenters. The van der Waals surface area contributed by atoms with E-state index in [-0.39, 0.29) is 23.5 Å². The summed E-state index contributed by atoms with van der Waals surface area (Å²) in [4.78, 5) is 13.7. The first kappa shape index (κ1) is 15.9. The molecule has 0 aliphatic carbocycles. The summed E-state index contributed by atoms with van der Waals surface area (Å²) in [6.45, 7) is 4.14. The molecule has 0 spiro atoms. The van der Waals surface area contributed by atoms with Crippen LogP contribution in [0.1, 0.15) is 19.4 Å². The van der Waals surface area contributed by atoms with Gasteiger partial charge in [-0.15, -0.1) is 0 Å². The summed E-state index contributed by atoms with van der Waals surface area (Å²) >= 11 is 8.53. The van der Waals surface area contributed by atoms with E-state index in [1.807, 2.05) is 36.9 Å². The Labute approximate surface area is 127 Å². The highest BCUT2D eigenvalue weighted by molar-refractivity contribution is 9.10. The van der Waals surface area contributed by atoms with E-state index in [9.17, 15) is 4.79 Å². The topological polar surface area (TPSA) is 55.6 Å². The van der Waals surface area contributed by atoms with Gasteiger partial charge < -0.3 is 15.4 Å². The van der Waals surface area contributed by atoms with Gasteiger partial charge in [0.1, 0.15) is 11.5 Å². The van der Waals surface area contributed by atoms with E-state index in [0.29, 0.717) is 0 Å². The van der Waals surface area contributed by atoms with E-state index in [4.69, 9.17) is 22.7 Å². The number of benzene rings is 1. The highest BCUT2D eigenvalue weighted by Crippen LogP contribution is 2.29. The van der Waals surface area contributed by atoms with Crippen LogP contribution in [0.2, 0.25) is 0 Å². The largest absolute Gasteiger partial charge is 0.468 e. The molecule has 0 unspecified atom stereocenters. The summed E-state index contributed by atoms with van der Waals surface area (Å²) in [6, 6.07) is 5.76. The van der Waals surface area contributed by atoms with Crippen LogP contribution in [0.4, 0.5) is 5.69 Å². The van der Waals surface area contributed by atoms with Gasteiger partial charge in [-0.3, -0.25) is 4.79 Å². The Hall–Kier alpha value is -1.14. The Bertz CT molecular complexity index is 492. The van der Waals surface area contributed by atoms with Gasteiger partial charge in [-0.25, -0.2) is 0 Å². The number of ether oxygens (including phenoxy) is 1. The van der Waals surface area contributed by atoms with Crippen LogP contribution < -0.4 is 10.6 Å². The Balaban J connectivity index is 3.27. The summed E-state index contributed by atoms with van der Waals surface area (Å²) in [5, 5.41) is 0. The summed E-state index contributed by atoms with van der Waals surface area (Å²) < 4.78 is 5.54. The van der Waals surface area contributed by atoms with Gasteiger partial charge in [0.2, 0.25) is 0 Å². The molecule has 0 radical (unpaired) electrons. The van der Waals surface area contributed by atoms with Crippen LogP contribution in [-0.4, -0.2) is 30.7 Å². The van der Waals surface area contributed by atoms with Gasteiger partial charge in [-0.1, -0.05) is 18.3 Å². The van der Waals surface area contributed by atoms with Gasteiger partial charge in [0, 0.05) is 21.8 Å². The maximum Gasteiger partial charge on any atom is 0.325 e. The van der Waals surface area contributed by atoms with E-state index in [0.717, 1.165) is 15.7 Å². The lowest BCUT2D eigenvalue weighted by Gasteiger charge is -2.30. The third-order valence-electron chi connectivity index (χ3n) is 2.70. The fraction of sp³-hybridized carbons (Fsp3) is 0.385. The number of carbonyl (C=O) groups is 1. The van der Waals surface area contributed by atoms with Crippen LogP contribution in [0.3, 0.4) is 0 Å². The predicted molar refractivity (Wildman–Crippen MR) is 84.5 cm³/mol.